The maximum absolute atomic E-state index is 6.36. The molecular formula is C15H18Cl3N3. The second kappa shape index (κ2) is 7.01. The van der Waals surface area contributed by atoms with Crippen molar-refractivity contribution in [1.29, 1.82) is 0 Å². The summed E-state index contributed by atoms with van der Waals surface area (Å²) in [6, 6.07) is 5.48. The molecule has 0 saturated heterocycles. The van der Waals surface area contributed by atoms with Crippen molar-refractivity contribution >= 4 is 34.8 Å². The Morgan fingerprint density at radius 2 is 1.76 bits per heavy atom. The number of aromatic nitrogens is 2. The highest BCUT2D eigenvalue weighted by molar-refractivity contribution is 6.36. The number of rotatable bonds is 5. The van der Waals surface area contributed by atoms with Crippen LogP contribution in [0.2, 0.25) is 15.1 Å². The normalized spacial score (nSPS) is 12.9. The van der Waals surface area contributed by atoms with E-state index in [1.807, 2.05) is 29.8 Å². The summed E-state index contributed by atoms with van der Waals surface area (Å²) >= 11 is 19.1. The highest BCUT2D eigenvalue weighted by atomic mass is 35.5. The standard InChI is InChI=1S/C15H18Cl3N3/c1-4-19-14(13-10(16)6-5-7-11(13)17)15-12(18)8-20-21(15)9(2)3/h5-9,14,19H,4H2,1-3H3. The van der Waals surface area contributed by atoms with Gasteiger partial charge in [-0.15, -0.1) is 0 Å². The molecule has 0 spiro atoms. The Labute approximate surface area is 140 Å². The minimum Gasteiger partial charge on any atom is -0.305 e. The van der Waals surface area contributed by atoms with E-state index in [0.717, 1.165) is 17.8 Å². The summed E-state index contributed by atoms with van der Waals surface area (Å²) in [5.74, 6) is 0. The van der Waals surface area contributed by atoms with Crippen molar-refractivity contribution in [3.63, 3.8) is 0 Å². The van der Waals surface area contributed by atoms with Gasteiger partial charge in [-0.25, -0.2) is 0 Å². The molecular weight excluding hydrogens is 329 g/mol. The lowest BCUT2D eigenvalue weighted by Crippen LogP contribution is -2.26. The number of benzene rings is 1. The molecule has 1 aromatic carbocycles. The average Bonchev–Trinajstić information content (AvgIpc) is 2.79. The smallest absolute Gasteiger partial charge is 0.0837 e. The minimum atomic E-state index is -0.200. The van der Waals surface area contributed by atoms with Crippen LogP contribution in [-0.4, -0.2) is 16.3 Å². The van der Waals surface area contributed by atoms with Gasteiger partial charge in [0, 0.05) is 21.7 Å². The predicted molar refractivity (Wildman–Crippen MR) is 89.6 cm³/mol. The molecule has 0 radical (unpaired) electrons. The third kappa shape index (κ3) is 3.37. The zero-order valence-corrected chi connectivity index (χ0v) is 14.5. The Hall–Kier alpha value is -0.740. The monoisotopic (exact) mass is 345 g/mol. The number of halogens is 3. The van der Waals surface area contributed by atoms with E-state index >= 15 is 0 Å². The molecule has 0 bridgehead atoms. The predicted octanol–water partition coefficient (Wildman–Crippen LogP) is 5.12. The van der Waals surface area contributed by atoms with Crippen LogP contribution in [0, 0.1) is 0 Å². The molecule has 21 heavy (non-hydrogen) atoms. The highest BCUT2D eigenvalue weighted by Crippen LogP contribution is 2.37. The molecule has 0 aliphatic heterocycles. The lowest BCUT2D eigenvalue weighted by molar-refractivity contribution is 0.476. The average molecular weight is 347 g/mol. The Bertz CT molecular complexity index is 602. The van der Waals surface area contributed by atoms with Gasteiger partial charge >= 0.3 is 0 Å². The van der Waals surface area contributed by atoms with E-state index in [-0.39, 0.29) is 12.1 Å². The van der Waals surface area contributed by atoms with E-state index in [2.05, 4.69) is 24.3 Å². The van der Waals surface area contributed by atoms with Crippen molar-refractivity contribution < 1.29 is 0 Å². The third-order valence-corrected chi connectivity index (χ3v) is 4.20. The van der Waals surface area contributed by atoms with Gasteiger partial charge in [-0.3, -0.25) is 4.68 Å². The first kappa shape index (κ1) is 16.6. The fourth-order valence-electron chi connectivity index (χ4n) is 2.36. The minimum absolute atomic E-state index is 0.190. The van der Waals surface area contributed by atoms with Crippen molar-refractivity contribution in [1.82, 2.24) is 15.1 Å². The molecule has 2 rings (SSSR count). The van der Waals surface area contributed by atoms with Gasteiger partial charge in [0.25, 0.3) is 0 Å². The molecule has 2 aromatic rings. The number of hydrogen-bond donors (Lipinski definition) is 1. The Balaban J connectivity index is 2.62. The summed E-state index contributed by atoms with van der Waals surface area (Å²) in [5.41, 5.74) is 1.70. The quantitative estimate of drug-likeness (QED) is 0.814. The molecule has 0 fully saturated rings. The van der Waals surface area contributed by atoms with Gasteiger partial charge in [0.1, 0.15) is 0 Å². The van der Waals surface area contributed by atoms with Crippen LogP contribution in [0.4, 0.5) is 0 Å². The van der Waals surface area contributed by atoms with Crippen molar-refractivity contribution in [3.05, 3.63) is 50.7 Å². The molecule has 0 saturated carbocycles. The second-order valence-electron chi connectivity index (χ2n) is 5.04. The van der Waals surface area contributed by atoms with Crippen LogP contribution in [-0.2, 0) is 0 Å². The molecule has 1 N–H and O–H groups in total. The first-order chi connectivity index (χ1) is 9.97. The van der Waals surface area contributed by atoms with E-state index in [4.69, 9.17) is 34.8 Å². The lowest BCUT2D eigenvalue weighted by atomic mass is 10.0. The number of nitrogens with one attached hydrogen (secondary N) is 1. The highest BCUT2D eigenvalue weighted by Gasteiger charge is 2.26. The van der Waals surface area contributed by atoms with Gasteiger partial charge in [-0.2, -0.15) is 5.10 Å². The van der Waals surface area contributed by atoms with Crippen LogP contribution in [0.25, 0.3) is 0 Å². The van der Waals surface area contributed by atoms with E-state index in [1.165, 1.54) is 0 Å². The van der Waals surface area contributed by atoms with Gasteiger partial charge in [-0.05, 0) is 32.5 Å². The third-order valence-electron chi connectivity index (χ3n) is 3.25. The Morgan fingerprint density at radius 3 is 2.29 bits per heavy atom. The molecule has 114 valence electrons. The van der Waals surface area contributed by atoms with Gasteiger partial charge in [-0.1, -0.05) is 47.8 Å². The zero-order chi connectivity index (χ0) is 15.6. The SMILES string of the molecule is CCNC(c1c(Cl)cccc1Cl)c1c(Cl)cnn1C(C)C. The molecule has 3 nitrogen and oxygen atoms in total. The van der Waals surface area contributed by atoms with E-state index in [9.17, 15) is 0 Å². The van der Waals surface area contributed by atoms with Crippen molar-refractivity contribution in [3.8, 4) is 0 Å². The molecule has 0 aliphatic carbocycles. The van der Waals surface area contributed by atoms with Crippen molar-refractivity contribution in [2.75, 3.05) is 6.54 Å². The fourth-order valence-corrected chi connectivity index (χ4v) is 3.21. The second-order valence-corrected chi connectivity index (χ2v) is 6.26. The maximum Gasteiger partial charge on any atom is 0.0837 e. The molecule has 1 heterocycles. The number of nitrogens with zero attached hydrogens (tertiary/aromatic N) is 2. The summed E-state index contributed by atoms with van der Waals surface area (Å²) in [4.78, 5) is 0. The first-order valence-electron chi connectivity index (χ1n) is 6.87. The summed E-state index contributed by atoms with van der Waals surface area (Å²) in [6.07, 6.45) is 1.66. The van der Waals surface area contributed by atoms with Crippen LogP contribution in [0.3, 0.4) is 0 Å². The molecule has 6 heteroatoms. The van der Waals surface area contributed by atoms with Crippen LogP contribution in [0.5, 0.6) is 0 Å². The van der Waals surface area contributed by atoms with Gasteiger partial charge in [0.05, 0.1) is 23.0 Å². The molecule has 1 unspecified atom stereocenters. The number of hydrogen-bond acceptors (Lipinski definition) is 2. The Morgan fingerprint density at radius 1 is 1.14 bits per heavy atom. The molecule has 1 aromatic heterocycles. The maximum atomic E-state index is 6.36. The summed E-state index contributed by atoms with van der Waals surface area (Å²) in [6.45, 7) is 6.90. The van der Waals surface area contributed by atoms with Gasteiger partial charge in [0.2, 0.25) is 0 Å². The molecule has 1 atom stereocenters. The largest absolute Gasteiger partial charge is 0.305 e. The van der Waals surface area contributed by atoms with Crippen molar-refractivity contribution in [2.45, 2.75) is 32.9 Å². The van der Waals surface area contributed by atoms with E-state index in [1.54, 1.807) is 6.20 Å². The summed E-state index contributed by atoms with van der Waals surface area (Å²) in [7, 11) is 0. The van der Waals surface area contributed by atoms with E-state index in [0.29, 0.717) is 15.1 Å². The van der Waals surface area contributed by atoms with Crippen molar-refractivity contribution in [2.24, 2.45) is 0 Å². The first-order valence-corrected chi connectivity index (χ1v) is 8.00. The lowest BCUT2D eigenvalue weighted by Gasteiger charge is -2.24. The topological polar surface area (TPSA) is 29.9 Å². The van der Waals surface area contributed by atoms with Gasteiger partial charge < -0.3 is 5.32 Å². The van der Waals surface area contributed by atoms with E-state index < -0.39 is 0 Å². The van der Waals surface area contributed by atoms with Crippen LogP contribution < -0.4 is 5.32 Å². The van der Waals surface area contributed by atoms with Crippen LogP contribution in [0.15, 0.2) is 24.4 Å². The summed E-state index contributed by atoms with van der Waals surface area (Å²) in [5, 5.41) is 9.59. The zero-order valence-electron chi connectivity index (χ0n) is 12.2. The van der Waals surface area contributed by atoms with Crippen LogP contribution in [0.1, 0.15) is 44.1 Å². The molecule has 0 amide bonds. The van der Waals surface area contributed by atoms with Gasteiger partial charge in [0.15, 0.2) is 0 Å². The fraction of sp³-hybridized carbons (Fsp3) is 0.400. The molecule has 0 aliphatic rings. The summed E-state index contributed by atoms with van der Waals surface area (Å²) < 4.78 is 1.90. The Kier molecular flexibility index (Phi) is 5.55. The van der Waals surface area contributed by atoms with Crippen LogP contribution >= 0.6 is 34.8 Å².